The first-order valence-electron chi connectivity index (χ1n) is 12.6. The van der Waals surface area contributed by atoms with E-state index in [1.165, 1.54) is 7.11 Å². The number of ketones is 1. The average Bonchev–Trinajstić information content (AvgIpc) is 3.30. The number of Topliss-reactive ketones (excluding diaryl/α,β-unsaturated/α-hetero) is 1. The summed E-state index contributed by atoms with van der Waals surface area (Å²) in [5.74, 6) is -0.151. The maximum absolute atomic E-state index is 13.3. The van der Waals surface area contributed by atoms with Crippen molar-refractivity contribution in [1.82, 2.24) is 4.98 Å². The molecule has 3 aromatic carbocycles. The molecule has 1 aromatic heterocycles. The van der Waals surface area contributed by atoms with Gasteiger partial charge in [0.2, 0.25) is 5.78 Å². The molecular formula is C32H23NO7. The van der Waals surface area contributed by atoms with Crippen LogP contribution in [0.15, 0.2) is 90.8 Å². The molecular weight excluding hydrogens is 510 g/mol. The normalized spacial score (nSPS) is 16.5. The number of ether oxygens (including phenoxy) is 4. The van der Waals surface area contributed by atoms with Crippen molar-refractivity contribution in [3.05, 3.63) is 124 Å². The summed E-state index contributed by atoms with van der Waals surface area (Å²) in [6.07, 6.45) is 3.37. The number of allylic oxidation sites excluding steroid dienone is 1. The van der Waals surface area contributed by atoms with E-state index in [9.17, 15) is 14.4 Å². The number of fused-ring (bicyclic) bond motifs is 3. The second kappa shape index (κ2) is 10.5. The predicted molar refractivity (Wildman–Crippen MR) is 144 cm³/mol. The molecule has 8 heteroatoms. The highest BCUT2D eigenvalue weighted by molar-refractivity contribution is 6.15. The summed E-state index contributed by atoms with van der Waals surface area (Å²) in [4.78, 5) is 42.0. The van der Waals surface area contributed by atoms with E-state index >= 15 is 0 Å². The lowest BCUT2D eigenvalue weighted by atomic mass is 9.84. The lowest BCUT2D eigenvalue weighted by molar-refractivity contribution is -0.135. The second-order valence-electron chi connectivity index (χ2n) is 9.29. The van der Waals surface area contributed by atoms with Gasteiger partial charge in [-0.05, 0) is 54.1 Å². The molecule has 0 bridgehead atoms. The van der Waals surface area contributed by atoms with E-state index in [2.05, 4.69) is 4.98 Å². The molecule has 1 atom stereocenters. The molecule has 0 saturated carbocycles. The number of esters is 2. The largest absolute Gasteiger partial charge is 0.487 e. The zero-order valence-electron chi connectivity index (χ0n) is 21.5. The third-order valence-electron chi connectivity index (χ3n) is 6.81. The van der Waals surface area contributed by atoms with Crippen LogP contribution >= 0.6 is 0 Å². The van der Waals surface area contributed by atoms with Gasteiger partial charge in [-0.2, -0.15) is 0 Å². The van der Waals surface area contributed by atoms with E-state index in [1.54, 1.807) is 48.7 Å². The van der Waals surface area contributed by atoms with Crippen molar-refractivity contribution < 1.29 is 33.3 Å². The first kappa shape index (κ1) is 25.1. The lowest BCUT2D eigenvalue weighted by Gasteiger charge is -2.27. The number of benzene rings is 3. The smallest absolute Gasteiger partial charge is 0.337 e. The Kier molecular flexibility index (Phi) is 6.57. The summed E-state index contributed by atoms with van der Waals surface area (Å²) in [7, 11) is 1.32. The maximum Gasteiger partial charge on any atom is 0.337 e. The van der Waals surface area contributed by atoms with E-state index in [4.69, 9.17) is 18.9 Å². The number of hydrogen-bond donors (Lipinski definition) is 0. The Morgan fingerprint density at radius 1 is 0.975 bits per heavy atom. The summed E-state index contributed by atoms with van der Waals surface area (Å²) in [6.45, 7) is 0.255. The number of nitrogens with zero attached hydrogens (tertiary/aromatic N) is 1. The summed E-state index contributed by atoms with van der Waals surface area (Å²) in [5, 5.41) is 0. The van der Waals surface area contributed by atoms with E-state index in [-0.39, 0.29) is 30.5 Å². The second-order valence-corrected chi connectivity index (χ2v) is 9.29. The minimum atomic E-state index is -0.461. The third-order valence-corrected chi connectivity index (χ3v) is 6.81. The van der Waals surface area contributed by atoms with Gasteiger partial charge in [-0.1, -0.05) is 36.4 Å². The third kappa shape index (κ3) is 4.71. The van der Waals surface area contributed by atoms with Gasteiger partial charge in [-0.25, -0.2) is 4.79 Å². The summed E-state index contributed by atoms with van der Waals surface area (Å²) in [5.41, 5.74) is 3.61. The topological polar surface area (TPSA) is 101 Å². The first-order valence-corrected chi connectivity index (χ1v) is 12.6. The number of aromatic nitrogens is 1. The van der Waals surface area contributed by atoms with Gasteiger partial charge >= 0.3 is 11.9 Å². The van der Waals surface area contributed by atoms with Gasteiger partial charge in [0, 0.05) is 23.2 Å². The average molecular weight is 534 g/mol. The van der Waals surface area contributed by atoms with Gasteiger partial charge < -0.3 is 18.9 Å². The molecule has 2 aliphatic rings. The minimum Gasteiger partial charge on any atom is -0.487 e. The Bertz CT molecular complexity index is 1660. The SMILES string of the molecule is COC(=O)c1ccc(/C=C2\Oc3c(ccc4c3[C@H](c3ccccc3OCc3ccccn3)CC(=O)O4)C2=O)cc1. The standard InChI is InChI=1S/C32H23NO7/c1-37-32(36)20-11-9-19(10-12-20)16-27-30(35)23-13-14-26-29(31(23)40-27)24(17-28(34)39-26)22-7-2-3-8-25(22)38-18-21-6-4-5-15-33-21/h2-16,24H,17-18H2,1H3/b27-16-/t24-/m0/s1. The number of carbonyl (C=O) groups excluding carboxylic acids is 3. The number of methoxy groups -OCH3 is 1. The molecule has 0 unspecified atom stereocenters. The van der Waals surface area contributed by atoms with Crippen molar-refractivity contribution in [2.75, 3.05) is 7.11 Å². The van der Waals surface area contributed by atoms with Crippen LogP contribution in [0.2, 0.25) is 0 Å². The van der Waals surface area contributed by atoms with Crippen LogP contribution in [0.4, 0.5) is 0 Å². The summed E-state index contributed by atoms with van der Waals surface area (Å²) < 4.78 is 22.6. The Morgan fingerprint density at radius 3 is 2.55 bits per heavy atom. The molecule has 0 N–H and O–H groups in total. The monoisotopic (exact) mass is 533 g/mol. The van der Waals surface area contributed by atoms with E-state index < -0.39 is 11.9 Å². The van der Waals surface area contributed by atoms with Crippen LogP contribution in [0.25, 0.3) is 6.08 Å². The Morgan fingerprint density at radius 2 is 1.77 bits per heavy atom. The molecule has 8 nitrogen and oxygen atoms in total. The van der Waals surface area contributed by atoms with Gasteiger partial charge in [0.25, 0.3) is 0 Å². The molecule has 0 radical (unpaired) electrons. The van der Waals surface area contributed by atoms with Crippen LogP contribution < -0.4 is 14.2 Å². The van der Waals surface area contributed by atoms with E-state index in [1.807, 2.05) is 42.5 Å². The van der Waals surface area contributed by atoms with Crippen LogP contribution in [0.5, 0.6) is 17.2 Å². The first-order chi connectivity index (χ1) is 19.5. The van der Waals surface area contributed by atoms with Crippen molar-refractivity contribution >= 4 is 23.8 Å². The van der Waals surface area contributed by atoms with Gasteiger partial charge in [-0.3, -0.25) is 14.6 Å². The van der Waals surface area contributed by atoms with E-state index in [0.717, 1.165) is 11.3 Å². The van der Waals surface area contributed by atoms with Crippen molar-refractivity contribution in [1.29, 1.82) is 0 Å². The molecule has 2 aliphatic heterocycles. The van der Waals surface area contributed by atoms with Crippen LogP contribution in [0, 0.1) is 0 Å². The number of carbonyl (C=O) groups is 3. The molecule has 0 aliphatic carbocycles. The van der Waals surface area contributed by atoms with Gasteiger partial charge in [0.15, 0.2) is 5.76 Å². The zero-order valence-corrected chi connectivity index (χ0v) is 21.5. The fourth-order valence-electron chi connectivity index (χ4n) is 4.89. The maximum atomic E-state index is 13.3. The molecule has 0 fully saturated rings. The van der Waals surface area contributed by atoms with Crippen LogP contribution in [0.1, 0.15) is 55.4 Å². The molecule has 40 heavy (non-hydrogen) atoms. The fourth-order valence-corrected chi connectivity index (χ4v) is 4.89. The quantitative estimate of drug-likeness (QED) is 0.182. The molecule has 4 aromatic rings. The highest BCUT2D eigenvalue weighted by atomic mass is 16.5. The molecule has 3 heterocycles. The van der Waals surface area contributed by atoms with Crippen molar-refractivity contribution in [3.63, 3.8) is 0 Å². The van der Waals surface area contributed by atoms with Crippen LogP contribution in [-0.2, 0) is 16.1 Å². The lowest BCUT2D eigenvalue weighted by Crippen LogP contribution is -2.22. The Hall–Kier alpha value is -5.24. The number of pyridine rings is 1. The molecule has 0 saturated heterocycles. The van der Waals surface area contributed by atoms with Crippen molar-refractivity contribution in [2.45, 2.75) is 18.9 Å². The van der Waals surface area contributed by atoms with Crippen LogP contribution in [0.3, 0.4) is 0 Å². The molecule has 0 amide bonds. The highest BCUT2D eigenvalue weighted by Gasteiger charge is 2.39. The molecule has 6 rings (SSSR count). The van der Waals surface area contributed by atoms with Gasteiger partial charge in [0.05, 0.1) is 30.4 Å². The Balaban J connectivity index is 1.35. The van der Waals surface area contributed by atoms with E-state index in [0.29, 0.717) is 39.5 Å². The van der Waals surface area contributed by atoms with Crippen LogP contribution in [-0.4, -0.2) is 29.8 Å². The number of hydrogen-bond acceptors (Lipinski definition) is 8. The van der Waals surface area contributed by atoms with Gasteiger partial charge in [0.1, 0.15) is 23.9 Å². The Labute approximate surface area is 229 Å². The minimum absolute atomic E-state index is 0.0546. The van der Waals surface area contributed by atoms with Crippen molar-refractivity contribution in [2.24, 2.45) is 0 Å². The number of rotatable bonds is 6. The fraction of sp³-hybridized carbons (Fsp3) is 0.125. The summed E-state index contributed by atoms with van der Waals surface area (Å²) in [6, 6.07) is 23.0. The molecule has 198 valence electrons. The van der Waals surface area contributed by atoms with Crippen molar-refractivity contribution in [3.8, 4) is 17.2 Å². The van der Waals surface area contributed by atoms with Gasteiger partial charge in [-0.15, -0.1) is 0 Å². The predicted octanol–water partition coefficient (Wildman–Crippen LogP) is 5.50. The zero-order chi connectivity index (χ0) is 27.6. The highest BCUT2D eigenvalue weighted by Crippen LogP contribution is 2.50. The summed E-state index contributed by atoms with van der Waals surface area (Å²) >= 11 is 0. The molecule has 0 spiro atoms. The number of para-hydroxylation sites is 1.